The fraction of sp³-hybridized carbons (Fsp3) is 0.316. The van der Waals surface area contributed by atoms with Crippen molar-refractivity contribution in [3.8, 4) is 0 Å². The lowest BCUT2D eigenvalue weighted by molar-refractivity contribution is 0.495. The molecule has 27 heavy (non-hydrogen) atoms. The van der Waals surface area contributed by atoms with E-state index in [0.717, 1.165) is 43.1 Å². The molecule has 0 saturated carbocycles. The van der Waals surface area contributed by atoms with Crippen LogP contribution >= 0.6 is 23.2 Å². The number of imidazole rings is 1. The Balaban J connectivity index is 1.82. The Morgan fingerprint density at radius 2 is 2.15 bits per heavy atom. The zero-order valence-electron chi connectivity index (χ0n) is 14.6. The maximum Gasteiger partial charge on any atom is 0.207 e. The third-order valence-electron chi connectivity index (χ3n) is 4.75. The van der Waals surface area contributed by atoms with Gasteiger partial charge in [0, 0.05) is 30.4 Å². The molecule has 3 aromatic rings. The second-order valence-corrected chi connectivity index (χ2v) is 7.56. The van der Waals surface area contributed by atoms with Gasteiger partial charge >= 0.3 is 0 Å². The van der Waals surface area contributed by atoms with Gasteiger partial charge < -0.3 is 15.2 Å². The number of aromatic nitrogens is 3. The molecular weight excluding hydrogens is 383 g/mol. The predicted octanol–water partition coefficient (Wildman–Crippen LogP) is 4.26. The highest BCUT2D eigenvalue weighted by atomic mass is 35.5. The first-order valence-corrected chi connectivity index (χ1v) is 9.49. The minimum atomic E-state index is 0.127. The minimum absolute atomic E-state index is 0.127. The number of anilines is 1. The fourth-order valence-corrected chi connectivity index (χ4v) is 3.99. The largest absolute Gasteiger partial charge is 0.341 e. The summed E-state index contributed by atoms with van der Waals surface area (Å²) in [6.07, 6.45) is 3.62. The normalized spacial score (nSPS) is 17.3. The van der Waals surface area contributed by atoms with Crippen LogP contribution in [0.1, 0.15) is 18.5 Å². The van der Waals surface area contributed by atoms with Crippen LogP contribution in [0.3, 0.4) is 0 Å². The SMILES string of the molecule is [C-]#[N+]c1ccc(Cn2c(N3CCC[C@H](N)C3)nc3c(Cl)cc(Cl)cc32)nc1. The first-order valence-electron chi connectivity index (χ1n) is 8.73. The Morgan fingerprint density at radius 3 is 2.85 bits per heavy atom. The van der Waals surface area contributed by atoms with Gasteiger partial charge in [-0.05, 0) is 31.0 Å². The number of nitrogens with two attached hydrogens (primary N) is 1. The maximum absolute atomic E-state index is 7.07. The molecule has 3 heterocycles. The van der Waals surface area contributed by atoms with Gasteiger partial charge in [0.1, 0.15) is 5.52 Å². The Kier molecular flexibility index (Phi) is 4.92. The van der Waals surface area contributed by atoms with Crippen molar-refractivity contribution < 1.29 is 0 Å². The summed E-state index contributed by atoms with van der Waals surface area (Å²) < 4.78 is 2.07. The van der Waals surface area contributed by atoms with E-state index in [1.807, 2.05) is 12.1 Å². The monoisotopic (exact) mass is 400 g/mol. The summed E-state index contributed by atoms with van der Waals surface area (Å²) in [4.78, 5) is 14.8. The Labute approximate surface area is 167 Å². The lowest BCUT2D eigenvalue weighted by Crippen LogP contribution is -2.44. The summed E-state index contributed by atoms with van der Waals surface area (Å²) in [6.45, 7) is 9.22. The Hall–Kier alpha value is -2.33. The molecule has 1 saturated heterocycles. The van der Waals surface area contributed by atoms with E-state index in [-0.39, 0.29) is 6.04 Å². The van der Waals surface area contributed by atoms with Gasteiger partial charge in [0.15, 0.2) is 0 Å². The van der Waals surface area contributed by atoms with Crippen molar-refractivity contribution in [2.24, 2.45) is 5.73 Å². The molecule has 2 N–H and O–H groups in total. The van der Waals surface area contributed by atoms with Crippen LogP contribution in [0.4, 0.5) is 11.6 Å². The number of hydrogen-bond acceptors (Lipinski definition) is 4. The third kappa shape index (κ3) is 3.59. The molecule has 0 aliphatic carbocycles. The van der Waals surface area contributed by atoms with E-state index in [0.29, 0.717) is 27.8 Å². The quantitative estimate of drug-likeness (QED) is 0.666. The van der Waals surface area contributed by atoms with Crippen molar-refractivity contribution in [3.63, 3.8) is 0 Å². The number of nitrogens with zero attached hydrogens (tertiary/aromatic N) is 5. The van der Waals surface area contributed by atoms with Gasteiger partial charge in [-0.1, -0.05) is 29.3 Å². The van der Waals surface area contributed by atoms with Gasteiger partial charge in [-0.3, -0.25) is 4.98 Å². The van der Waals surface area contributed by atoms with Crippen molar-refractivity contribution in [3.05, 3.63) is 57.6 Å². The van der Waals surface area contributed by atoms with Crippen LogP contribution in [-0.2, 0) is 6.54 Å². The zero-order valence-corrected chi connectivity index (χ0v) is 16.1. The van der Waals surface area contributed by atoms with Crippen molar-refractivity contribution in [2.45, 2.75) is 25.4 Å². The number of hydrogen-bond donors (Lipinski definition) is 1. The van der Waals surface area contributed by atoms with E-state index in [1.165, 1.54) is 0 Å². The second kappa shape index (κ2) is 7.35. The molecule has 1 aliphatic heterocycles. The number of benzene rings is 1. The van der Waals surface area contributed by atoms with Crippen LogP contribution in [0.25, 0.3) is 15.9 Å². The summed E-state index contributed by atoms with van der Waals surface area (Å²) in [5.41, 5.74) is 9.10. The van der Waals surface area contributed by atoms with E-state index < -0.39 is 0 Å². The average Bonchev–Trinajstić information content (AvgIpc) is 3.01. The highest BCUT2D eigenvalue weighted by Crippen LogP contribution is 2.32. The van der Waals surface area contributed by atoms with Crippen LogP contribution in [0.5, 0.6) is 0 Å². The predicted molar refractivity (Wildman–Crippen MR) is 109 cm³/mol. The molecule has 4 rings (SSSR count). The van der Waals surface area contributed by atoms with Gasteiger partial charge in [0.25, 0.3) is 0 Å². The number of piperidine rings is 1. The highest BCUT2D eigenvalue weighted by molar-refractivity contribution is 6.38. The summed E-state index contributed by atoms with van der Waals surface area (Å²) in [6, 6.07) is 7.33. The van der Waals surface area contributed by atoms with Gasteiger partial charge in [-0.2, -0.15) is 0 Å². The van der Waals surface area contributed by atoms with Crippen LogP contribution in [0.2, 0.25) is 10.0 Å². The highest BCUT2D eigenvalue weighted by Gasteiger charge is 2.24. The van der Waals surface area contributed by atoms with Crippen LogP contribution in [0.15, 0.2) is 30.5 Å². The fourth-order valence-electron chi connectivity index (χ4n) is 3.46. The molecule has 0 unspecified atom stereocenters. The first-order chi connectivity index (χ1) is 13.0. The van der Waals surface area contributed by atoms with E-state index in [9.17, 15) is 0 Å². The van der Waals surface area contributed by atoms with Crippen molar-refractivity contribution in [1.29, 1.82) is 0 Å². The number of fused-ring (bicyclic) bond motifs is 1. The van der Waals surface area contributed by atoms with Gasteiger partial charge in [-0.15, -0.1) is 0 Å². The average molecular weight is 401 g/mol. The summed E-state index contributed by atoms with van der Waals surface area (Å²) in [5, 5.41) is 1.09. The number of pyridine rings is 1. The molecule has 6 nitrogen and oxygen atoms in total. The Morgan fingerprint density at radius 1 is 1.30 bits per heavy atom. The molecule has 0 spiro atoms. The van der Waals surface area contributed by atoms with Crippen molar-refractivity contribution in [2.75, 3.05) is 18.0 Å². The molecule has 1 aliphatic rings. The second-order valence-electron chi connectivity index (χ2n) is 6.72. The topological polar surface area (TPSA) is 64.3 Å². The number of halogens is 2. The lowest BCUT2D eigenvalue weighted by Gasteiger charge is -2.32. The van der Waals surface area contributed by atoms with Crippen molar-refractivity contribution >= 4 is 45.9 Å². The molecule has 0 bridgehead atoms. The van der Waals surface area contributed by atoms with Gasteiger partial charge in [0.2, 0.25) is 11.6 Å². The van der Waals surface area contributed by atoms with Crippen LogP contribution in [-0.4, -0.2) is 33.7 Å². The van der Waals surface area contributed by atoms with E-state index in [4.69, 9.17) is 40.5 Å². The van der Waals surface area contributed by atoms with E-state index >= 15 is 0 Å². The molecule has 0 radical (unpaired) electrons. The first kappa shape index (κ1) is 18.1. The summed E-state index contributed by atoms with van der Waals surface area (Å²) in [5.74, 6) is 0.820. The molecule has 0 amide bonds. The molecule has 1 atom stereocenters. The standard InChI is InChI=1S/C19H18Cl2N6/c1-23-14-4-5-15(24-9-14)11-27-17-8-12(20)7-16(21)18(17)25-19(27)26-6-2-3-13(22)10-26/h4-5,7-9,13H,2-3,6,10-11,22H2/t13-/m0/s1. The van der Waals surface area contributed by atoms with Gasteiger partial charge in [0.05, 0.1) is 29.4 Å². The van der Waals surface area contributed by atoms with E-state index in [2.05, 4.69) is 19.3 Å². The summed E-state index contributed by atoms with van der Waals surface area (Å²) in [7, 11) is 0. The molecule has 1 aromatic carbocycles. The molecule has 138 valence electrons. The third-order valence-corrected chi connectivity index (χ3v) is 5.26. The van der Waals surface area contributed by atoms with Crippen LogP contribution in [0, 0.1) is 6.57 Å². The minimum Gasteiger partial charge on any atom is -0.341 e. The molecular formula is C19H18Cl2N6. The zero-order chi connectivity index (χ0) is 19.0. The van der Waals surface area contributed by atoms with Crippen LogP contribution < -0.4 is 10.6 Å². The lowest BCUT2D eigenvalue weighted by atomic mass is 10.1. The molecule has 1 fully saturated rings. The Bertz CT molecular complexity index is 1020. The van der Waals surface area contributed by atoms with Crippen molar-refractivity contribution in [1.82, 2.24) is 14.5 Å². The van der Waals surface area contributed by atoms with Gasteiger partial charge in [-0.25, -0.2) is 9.83 Å². The number of rotatable bonds is 3. The van der Waals surface area contributed by atoms with E-state index in [1.54, 1.807) is 18.3 Å². The molecule has 8 heteroatoms. The summed E-state index contributed by atoms with van der Waals surface area (Å²) >= 11 is 12.7. The smallest absolute Gasteiger partial charge is 0.207 e. The maximum atomic E-state index is 7.07. The molecule has 2 aromatic heterocycles.